The monoisotopic (exact) mass is 254 g/mol. The molecule has 0 unspecified atom stereocenters. The van der Waals surface area contributed by atoms with Crippen molar-refractivity contribution >= 4 is 11.3 Å². The van der Waals surface area contributed by atoms with Gasteiger partial charge in [-0.05, 0) is 24.8 Å². The van der Waals surface area contributed by atoms with Crippen LogP contribution in [0.25, 0.3) is 0 Å². The van der Waals surface area contributed by atoms with Crippen LogP contribution < -0.4 is 5.32 Å². The van der Waals surface area contributed by atoms with Crippen molar-refractivity contribution in [3.05, 3.63) is 16.1 Å². The topological polar surface area (TPSA) is 24.9 Å². The summed E-state index contributed by atoms with van der Waals surface area (Å²) in [6, 6.07) is 0.585. The van der Waals surface area contributed by atoms with Crippen molar-refractivity contribution in [1.82, 2.24) is 10.3 Å². The lowest BCUT2D eigenvalue weighted by Gasteiger charge is -2.15. The van der Waals surface area contributed by atoms with Crippen LogP contribution in [0.15, 0.2) is 5.38 Å². The van der Waals surface area contributed by atoms with Gasteiger partial charge in [0.05, 0.1) is 10.7 Å². The molecule has 1 N–H and O–H groups in total. The van der Waals surface area contributed by atoms with E-state index in [1.807, 2.05) is 11.3 Å². The van der Waals surface area contributed by atoms with Gasteiger partial charge in [-0.25, -0.2) is 4.98 Å². The van der Waals surface area contributed by atoms with Crippen molar-refractivity contribution in [3.8, 4) is 0 Å². The average molecular weight is 254 g/mol. The Kier molecular flexibility index (Phi) is 5.60. The van der Waals surface area contributed by atoms with E-state index in [1.165, 1.54) is 17.1 Å². The van der Waals surface area contributed by atoms with Gasteiger partial charge in [-0.1, -0.05) is 34.6 Å². The minimum atomic E-state index is 0.342. The Bertz CT molecular complexity index is 323. The van der Waals surface area contributed by atoms with Gasteiger partial charge in [0.25, 0.3) is 0 Å². The summed E-state index contributed by atoms with van der Waals surface area (Å²) in [5, 5.41) is 6.94. The van der Waals surface area contributed by atoms with E-state index in [9.17, 15) is 0 Å². The van der Waals surface area contributed by atoms with E-state index in [0.29, 0.717) is 11.5 Å². The first-order valence-electron chi connectivity index (χ1n) is 6.53. The third-order valence-corrected chi connectivity index (χ3v) is 3.34. The van der Waals surface area contributed by atoms with Crippen molar-refractivity contribution in [3.63, 3.8) is 0 Å². The third kappa shape index (κ3) is 6.79. The van der Waals surface area contributed by atoms with Crippen LogP contribution in [-0.2, 0) is 12.8 Å². The van der Waals surface area contributed by atoms with Crippen molar-refractivity contribution in [2.45, 2.75) is 59.9 Å². The Morgan fingerprint density at radius 2 is 2.06 bits per heavy atom. The number of nitrogens with one attached hydrogen (secondary N) is 1. The smallest absolute Gasteiger partial charge is 0.0933 e. The molecule has 0 radical (unpaired) electrons. The normalized spacial score (nSPS) is 12.4. The number of rotatable bonds is 6. The molecule has 0 saturated carbocycles. The first-order chi connectivity index (χ1) is 7.87. The van der Waals surface area contributed by atoms with Crippen LogP contribution in [0.3, 0.4) is 0 Å². The zero-order valence-electron chi connectivity index (χ0n) is 11.8. The summed E-state index contributed by atoms with van der Waals surface area (Å²) in [5.41, 5.74) is 1.61. The fourth-order valence-electron chi connectivity index (χ4n) is 1.66. The summed E-state index contributed by atoms with van der Waals surface area (Å²) in [6.07, 6.45) is 3.36. The van der Waals surface area contributed by atoms with Crippen molar-refractivity contribution in [2.75, 3.05) is 6.54 Å². The predicted molar refractivity (Wildman–Crippen MR) is 76.7 cm³/mol. The standard InChI is InChI=1S/C14H26N2S/c1-11(2)15-8-6-7-12-10-17-13(16-12)9-14(3,4)5/h10-11,15H,6-9H2,1-5H3. The third-order valence-electron chi connectivity index (χ3n) is 2.44. The van der Waals surface area contributed by atoms with Crippen LogP contribution in [0.5, 0.6) is 0 Å². The average Bonchev–Trinajstić information content (AvgIpc) is 2.57. The molecule has 1 aromatic rings. The van der Waals surface area contributed by atoms with E-state index >= 15 is 0 Å². The lowest BCUT2D eigenvalue weighted by Crippen LogP contribution is -2.23. The molecule has 0 bridgehead atoms. The quantitative estimate of drug-likeness (QED) is 0.784. The molecule has 0 aliphatic rings. The highest BCUT2D eigenvalue weighted by molar-refractivity contribution is 7.09. The molecule has 0 fully saturated rings. The van der Waals surface area contributed by atoms with Crippen LogP contribution in [0.4, 0.5) is 0 Å². The maximum Gasteiger partial charge on any atom is 0.0933 e. The number of hydrogen-bond donors (Lipinski definition) is 1. The molecular formula is C14H26N2S. The van der Waals surface area contributed by atoms with Gasteiger partial charge in [-0.2, -0.15) is 0 Å². The van der Waals surface area contributed by atoms with Crippen molar-refractivity contribution in [2.24, 2.45) is 5.41 Å². The minimum absolute atomic E-state index is 0.342. The second kappa shape index (κ2) is 6.50. The van der Waals surface area contributed by atoms with Gasteiger partial charge in [-0.3, -0.25) is 0 Å². The summed E-state index contributed by atoms with van der Waals surface area (Å²) >= 11 is 1.81. The molecule has 2 nitrogen and oxygen atoms in total. The Morgan fingerprint density at radius 3 is 2.65 bits per heavy atom. The van der Waals surface area contributed by atoms with Crippen LogP contribution in [0.1, 0.15) is 51.7 Å². The molecule has 17 heavy (non-hydrogen) atoms. The molecular weight excluding hydrogens is 228 g/mol. The van der Waals surface area contributed by atoms with Gasteiger partial charge < -0.3 is 5.32 Å². The molecule has 0 atom stereocenters. The van der Waals surface area contributed by atoms with Gasteiger partial charge in [0.15, 0.2) is 0 Å². The fraction of sp³-hybridized carbons (Fsp3) is 0.786. The molecule has 1 rings (SSSR count). The second-order valence-corrected chi connectivity index (χ2v) is 7.13. The van der Waals surface area contributed by atoms with E-state index in [2.05, 4.69) is 45.3 Å². The van der Waals surface area contributed by atoms with Gasteiger partial charge in [0.2, 0.25) is 0 Å². The van der Waals surface area contributed by atoms with Crippen LogP contribution >= 0.6 is 11.3 Å². The molecule has 0 aliphatic heterocycles. The highest BCUT2D eigenvalue weighted by Crippen LogP contribution is 2.23. The number of nitrogens with zero attached hydrogens (tertiary/aromatic N) is 1. The minimum Gasteiger partial charge on any atom is -0.315 e. The number of aromatic nitrogens is 1. The maximum absolute atomic E-state index is 4.70. The predicted octanol–water partition coefficient (Wildman–Crippen LogP) is 3.66. The molecule has 0 amide bonds. The highest BCUT2D eigenvalue weighted by atomic mass is 32.1. The summed E-state index contributed by atoms with van der Waals surface area (Å²) in [5.74, 6) is 0. The first-order valence-corrected chi connectivity index (χ1v) is 7.41. The first kappa shape index (κ1) is 14.7. The van der Waals surface area contributed by atoms with Crippen LogP contribution in [-0.4, -0.2) is 17.6 Å². The fourth-order valence-corrected chi connectivity index (χ4v) is 2.79. The maximum atomic E-state index is 4.70. The van der Waals surface area contributed by atoms with E-state index in [0.717, 1.165) is 19.4 Å². The Balaban J connectivity index is 2.31. The largest absolute Gasteiger partial charge is 0.315 e. The Hall–Kier alpha value is -0.410. The molecule has 0 aromatic carbocycles. The van der Waals surface area contributed by atoms with Gasteiger partial charge in [0.1, 0.15) is 0 Å². The number of thiazole rings is 1. The zero-order valence-corrected chi connectivity index (χ0v) is 12.7. The SMILES string of the molecule is CC(C)NCCCc1csc(CC(C)(C)C)n1. The summed E-state index contributed by atoms with van der Waals surface area (Å²) in [7, 11) is 0. The highest BCUT2D eigenvalue weighted by Gasteiger charge is 2.13. The van der Waals surface area contributed by atoms with Gasteiger partial charge in [0, 0.05) is 17.8 Å². The van der Waals surface area contributed by atoms with Gasteiger partial charge >= 0.3 is 0 Å². The zero-order chi connectivity index (χ0) is 12.9. The summed E-state index contributed by atoms with van der Waals surface area (Å²) in [4.78, 5) is 4.70. The van der Waals surface area contributed by atoms with Crippen LogP contribution in [0.2, 0.25) is 0 Å². The summed E-state index contributed by atoms with van der Waals surface area (Å²) in [6.45, 7) is 12.3. The van der Waals surface area contributed by atoms with E-state index < -0.39 is 0 Å². The Morgan fingerprint density at radius 1 is 1.35 bits per heavy atom. The van der Waals surface area contributed by atoms with Gasteiger partial charge in [-0.15, -0.1) is 11.3 Å². The number of hydrogen-bond acceptors (Lipinski definition) is 3. The molecule has 0 spiro atoms. The molecule has 3 heteroatoms. The van der Waals surface area contributed by atoms with Crippen LogP contribution in [0, 0.1) is 5.41 Å². The number of aryl methyl sites for hydroxylation is 1. The Labute approximate surface area is 110 Å². The molecule has 98 valence electrons. The molecule has 1 aromatic heterocycles. The lowest BCUT2D eigenvalue weighted by atomic mass is 9.93. The molecule has 1 heterocycles. The van der Waals surface area contributed by atoms with Crippen molar-refractivity contribution in [1.29, 1.82) is 0 Å². The summed E-state index contributed by atoms with van der Waals surface area (Å²) < 4.78 is 0. The molecule has 0 aliphatic carbocycles. The van der Waals surface area contributed by atoms with E-state index in [4.69, 9.17) is 4.98 Å². The lowest BCUT2D eigenvalue weighted by molar-refractivity contribution is 0.410. The van der Waals surface area contributed by atoms with Crippen molar-refractivity contribution < 1.29 is 0 Å². The van der Waals surface area contributed by atoms with E-state index in [1.54, 1.807) is 0 Å². The molecule has 0 saturated heterocycles. The second-order valence-electron chi connectivity index (χ2n) is 6.18. The van der Waals surface area contributed by atoms with E-state index in [-0.39, 0.29) is 0 Å².